The molecule has 0 saturated carbocycles. The Balaban J connectivity index is 1.66. The van der Waals surface area contributed by atoms with Crippen molar-refractivity contribution >= 4 is 49.0 Å². The summed E-state index contributed by atoms with van der Waals surface area (Å²) < 4.78 is 34.1. The third kappa shape index (κ3) is 7.11. The number of hydrogen-bond acceptors (Lipinski definition) is 6. The monoisotopic (exact) mass is 642 g/mol. The number of nitrogens with one attached hydrogen (secondary N) is 1. The summed E-state index contributed by atoms with van der Waals surface area (Å²) in [4.78, 5) is 26.7. The van der Waals surface area contributed by atoms with Gasteiger partial charge in [-0.3, -0.25) is 4.79 Å². The Hall–Kier alpha value is -3.37. The van der Waals surface area contributed by atoms with E-state index in [0.717, 1.165) is 24.9 Å². The van der Waals surface area contributed by atoms with E-state index in [2.05, 4.69) is 33.1 Å². The molecule has 1 heterocycles. The minimum atomic E-state index is -3.73. The van der Waals surface area contributed by atoms with Crippen LogP contribution >= 0.6 is 15.9 Å². The molecule has 3 aromatic carbocycles. The summed E-state index contributed by atoms with van der Waals surface area (Å²) in [5.74, 6) is -1.67. The highest BCUT2D eigenvalue weighted by Gasteiger charge is 2.42. The predicted octanol–water partition coefficient (Wildman–Crippen LogP) is 6.28. The van der Waals surface area contributed by atoms with E-state index in [1.54, 1.807) is 36.4 Å². The summed E-state index contributed by atoms with van der Waals surface area (Å²) in [5.41, 5.74) is 1.41. The predicted molar refractivity (Wildman–Crippen MR) is 162 cm³/mol. The SMILES string of the molecule is CCCCC1(CC)CN(c2ccccc2)c2cc(Br)c(OCC(=O)N[C@@H](C(=O)O)c3ccccc3)cc2S(=O)(=O)C1. The maximum absolute atomic E-state index is 13.9. The lowest BCUT2D eigenvalue weighted by atomic mass is 9.81. The lowest BCUT2D eigenvalue weighted by Crippen LogP contribution is -2.37. The average Bonchev–Trinajstić information content (AvgIpc) is 3.06. The number of para-hydroxylation sites is 1. The Labute approximate surface area is 249 Å². The molecule has 0 radical (unpaired) electrons. The van der Waals surface area contributed by atoms with Gasteiger partial charge in [0.2, 0.25) is 0 Å². The fourth-order valence-corrected chi connectivity index (χ4v) is 7.87. The number of carbonyl (C=O) groups is 2. The number of carboxylic acids is 1. The number of unbranched alkanes of at least 4 members (excludes halogenated alkanes) is 1. The lowest BCUT2D eigenvalue weighted by Gasteiger charge is -2.36. The second-order valence-corrected chi connectivity index (χ2v) is 13.2. The number of rotatable bonds is 11. The third-order valence-electron chi connectivity index (χ3n) is 7.55. The van der Waals surface area contributed by atoms with Gasteiger partial charge in [-0.2, -0.15) is 0 Å². The first kappa shape index (κ1) is 30.6. The van der Waals surface area contributed by atoms with Crippen molar-refractivity contribution in [2.24, 2.45) is 5.41 Å². The standard InChI is InChI=1S/C31H35BrN2O6S/c1-3-5-16-31(4-2)20-34(23-14-10-7-11-15-23)25-17-24(32)26(18-27(25)41(38,39)21-31)40-19-28(35)33-29(30(36)37)22-12-8-6-9-13-22/h6-15,17-18,29H,3-5,16,19-21H2,1-2H3,(H,33,35)(H,36,37)/t29-,31?/m1/s1. The van der Waals surface area contributed by atoms with E-state index in [1.165, 1.54) is 6.07 Å². The van der Waals surface area contributed by atoms with Crippen LogP contribution < -0.4 is 15.0 Å². The molecule has 1 aliphatic rings. The van der Waals surface area contributed by atoms with Gasteiger partial charge in [0.25, 0.3) is 5.91 Å². The van der Waals surface area contributed by atoms with E-state index in [9.17, 15) is 23.1 Å². The van der Waals surface area contributed by atoms with Crippen molar-refractivity contribution in [2.45, 2.75) is 50.5 Å². The molecule has 3 aromatic rings. The van der Waals surface area contributed by atoms with E-state index >= 15 is 0 Å². The quantitative estimate of drug-likeness (QED) is 0.253. The molecule has 0 saturated heterocycles. The third-order valence-corrected chi connectivity index (χ3v) is 10.2. The van der Waals surface area contributed by atoms with Crippen LogP contribution in [-0.4, -0.2) is 44.3 Å². The minimum absolute atomic E-state index is 0.00571. The van der Waals surface area contributed by atoms with Crippen LogP contribution in [0.5, 0.6) is 5.75 Å². The van der Waals surface area contributed by atoms with Crippen LogP contribution in [0.25, 0.3) is 0 Å². The van der Waals surface area contributed by atoms with E-state index in [4.69, 9.17) is 4.74 Å². The smallest absolute Gasteiger partial charge is 0.330 e. The van der Waals surface area contributed by atoms with E-state index < -0.39 is 39.8 Å². The summed E-state index contributed by atoms with van der Waals surface area (Å²) in [6.45, 7) is 4.21. The number of ether oxygens (including phenoxy) is 1. The summed E-state index contributed by atoms with van der Waals surface area (Å²) >= 11 is 3.51. The van der Waals surface area contributed by atoms with Crippen LogP contribution in [0.15, 0.2) is 82.2 Å². The largest absolute Gasteiger partial charge is 0.483 e. The first-order chi connectivity index (χ1) is 19.6. The number of amides is 1. The van der Waals surface area contributed by atoms with Gasteiger partial charge in [-0.1, -0.05) is 75.2 Å². The van der Waals surface area contributed by atoms with Crippen LogP contribution in [0.2, 0.25) is 0 Å². The Morgan fingerprint density at radius 2 is 1.73 bits per heavy atom. The number of aliphatic carboxylic acids is 1. The van der Waals surface area contributed by atoms with Crippen molar-refractivity contribution in [1.82, 2.24) is 5.32 Å². The van der Waals surface area contributed by atoms with E-state index in [1.807, 2.05) is 37.3 Å². The zero-order valence-electron chi connectivity index (χ0n) is 23.2. The molecule has 0 aromatic heterocycles. The molecule has 1 amide bonds. The van der Waals surface area contributed by atoms with Crippen LogP contribution in [0, 0.1) is 5.41 Å². The first-order valence-electron chi connectivity index (χ1n) is 13.7. The normalized spacial score (nSPS) is 18.6. The first-order valence-corrected chi connectivity index (χ1v) is 16.1. The molecule has 1 aliphatic heterocycles. The molecule has 0 spiro atoms. The lowest BCUT2D eigenvalue weighted by molar-refractivity contribution is -0.142. The molecule has 0 fully saturated rings. The number of carboxylic acid groups (broad SMARTS) is 1. The van der Waals surface area contributed by atoms with Crippen LogP contribution in [0.3, 0.4) is 0 Å². The number of hydrogen-bond donors (Lipinski definition) is 2. The Morgan fingerprint density at radius 3 is 2.34 bits per heavy atom. The maximum atomic E-state index is 13.9. The molecule has 0 bridgehead atoms. The van der Waals surface area contributed by atoms with Gasteiger partial charge in [-0.05, 0) is 52.5 Å². The van der Waals surface area contributed by atoms with Gasteiger partial charge in [0.05, 0.1) is 20.8 Å². The van der Waals surface area contributed by atoms with Crippen LogP contribution in [0.1, 0.15) is 51.1 Å². The van der Waals surface area contributed by atoms with Crippen molar-refractivity contribution in [3.8, 4) is 5.75 Å². The van der Waals surface area contributed by atoms with Crippen LogP contribution in [-0.2, 0) is 19.4 Å². The number of carbonyl (C=O) groups excluding carboxylic acids is 1. The molecular weight excluding hydrogens is 608 g/mol. The van der Waals surface area contributed by atoms with Gasteiger partial charge in [0.15, 0.2) is 22.5 Å². The van der Waals surface area contributed by atoms with Crippen molar-refractivity contribution in [3.63, 3.8) is 0 Å². The fraction of sp³-hybridized carbons (Fsp3) is 0.355. The number of halogens is 1. The zero-order valence-corrected chi connectivity index (χ0v) is 25.6. The molecule has 1 unspecified atom stereocenters. The number of anilines is 2. The van der Waals surface area contributed by atoms with Gasteiger partial charge >= 0.3 is 5.97 Å². The Morgan fingerprint density at radius 1 is 1.07 bits per heavy atom. The molecule has 2 N–H and O–H groups in total. The van der Waals surface area contributed by atoms with E-state index in [-0.39, 0.29) is 16.4 Å². The second-order valence-electron chi connectivity index (χ2n) is 10.4. The Kier molecular flexibility index (Phi) is 9.76. The van der Waals surface area contributed by atoms with Crippen molar-refractivity contribution in [2.75, 3.05) is 23.8 Å². The number of benzene rings is 3. The summed E-state index contributed by atoms with van der Waals surface area (Å²) in [5, 5.41) is 12.1. The van der Waals surface area contributed by atoms with Gasteiger partial charge in [-0.25, -0.2) is 13.2 Å². The highest BCUT2D eigenvalue weighted by Crippen LogP contribution is 2.46. The van der Waals surface area contributed by atoms with Crippen LogP contribution in [0.4, 0.5) is 11.4 Å². The summed E-state index contributed by atoms with van der Waals surface area (Å²) in [7, 11) is -3.73. The van der Waals surface area contributed by atoms with E-state index in [0.29, 0.717) is 28.7 Å². The van der Waals surface area contributed by atoms with Crippen molar-refractivity contribution in [1.29, 1.82) is 0 Å². The highest BCUT2D eigenvalue weighted by molar-refractivity contribution is 9.10. The number of nitrogens with zero attached hydrogens (tertiary/aromatic N) is 1. The molecule has 218 valence electrons. The minimum Gasteiger partial charge on any atom is -0.483 e. The molecule has 10 heteroatoms. The maximum Gasteiger partial charge on any atom is 0.330 e. The zero-order chi connectivity index (χ0) is 29.6. The summed E-state index contributed by atoms with van der Waals surface area (Å²) in [6.07, 6.45) is 3.39. The molecule has 8 nitrogen and oxygen atoms in total. The van der Waals surface area contributed by atoms with Gasteiger partial charge < -0.3 is 20.1 Å². The number of fused-ring (bicyclic) bond motifs is 1. The highest BCUT2D eigenvalue weighted by atomic mass is 79.9. The molecule has 41 heavy (non-hydrogen) atoms. The number of sulfone groups is 1. The fourth-order valence-electron chi connectivity index (χ4n) is 5.25. The Bertz CT molecular complexity index is 1480. The average molecular weight is 644 g/mol. The van der Waals surface area contributed by atoms with Crippen molar-refractivity contribution in [3.05, 3.63) is 82.8 Å². The molecule has 2 atom stereocenters. The summed E-state index contributed by atoms with van der Waals surface area (Å²) in [6, 6.07) is 20.0. The van der Waals surface area contributed by atoms with Gasteiger partial charge in [0, 0.05) is 23.7 Å². The van der Waals surface area contributed by atoms with Crippen molar-refractivity contribution < 1.29 is 27.9 Å². The van der Waals surface area contributed by atoms with Gasteiger partial charge in [-0.15, -0.1) is 0 Å². The van der Waals surface area contributed by atoms with Gasteiger partial charge in [0.1, 0.15) is 5.75 Å². The molecular formula is C31H35BrN2O6S. The molecule has 4 rings (SSSR count). The molecule has 0 aliphatic carbocycles. The second kappa shape index (κ2) is 13.1. The topological polar surface area (TPSA) is 113 Å².